The fraction of sp³-hybridized carbons (Fsp3) is 0. The summed E-state index contributed by atoms with van der Waals surface area (Å²) < 4.78 is 0. The van der Waals surface area contributed by atoms with Crippen LogP contribution in [0.15, 0.2) is 249 Å². The Hall–Kier alpha value is -8.35. The molecule has 0 aliphatic carbocycles. The topological polar surface area (TPSA) is 3.24 Å². The van der Waals surface area contributed by atoms with Gasteiger partial charge < -0.3 is 4.90 Å². The predicted molar refractivity (Wildman–Crippen MR) is 297 cm³/mol. The van der Waals surface area contributed by atoms with Gasteiger partial charge in [-0.15, -0.1) is 0 Å². The van der Waals surface area contributed by atoms with Crippen LogP contribution in [0.2, 0.25) is 0 Å². The number of hydrogen-bond donors (Lipinski definition) is 0. The summed E-state index contributed by atoms with van der Waals surface area (Å²) in [4.78, 5) is 2.58. The number of anilines is 3. The quantitative estimate of drug-likeness (QED) is 0.160. The van der Waals surface area contributed by atoms with Gasteiger partial charge >= 0.3 is 0 Å². The molecule has 0 radical (unpaired) electrons. The molecule has 0 atom stereocenters. The minimum atomic E-state index is -2.80. The van der Waals surface area contributed by atoms with Gasteiger partial charge in [-0.1, -0.05) is 212 Å². The van der Waals surface area contributed by atoms with Gasteiger partial charge in [0, 0.05) is 17.1 Å². The van der Waals surface area contributed by atoms with E-state index in [0.717, 1.165) is 5.69 Å². The molecule has 3 heteroatoms. The molecule has 0 bridgehead atoms. The molecule has 0 saturated carbocycles. The Bertz CT molecular complexity index is 3920. The van der Waals surface area contributed by atoms with E-state index in [1.165, 1.54) is 130 Å². The first-order chi connectivity index (χ1) is 34.2. The third-order valence-corrected chi connectivity index (χ3v) is 26.3. The lowest BCUT2D eigenvalue weighted by molar-refractivity contribution is 1.30. The van der Waals surface area contributed by atoms with Crippen LogP contribution < -0.4 is 46.4 Å². The highest BCUT2D eigenvalue weighted by molar-refractivity contribution is 7.25. The highest BCUT2D eigenvalue weighted by atomic mass is 28.3. The van der Waals surface area contributed by atoms with Crippen LogP contribution >= 0.6 is 0 Å². The van der Waals surface area contributed by atoms with E-state index in [4.69, 9.17) is 0 Å². The van der Waals surface area contributed by atoms with Crippen LogP contribution in [-0.2, 0) is 0 Å². The summed E-state index contributed by atoms with van der Waals surface area (Å²) in [5, 5.41) is 19.6. The molecule has 12 aromatic rings. The number of hydrogen-bond acceptors (Lipinski definition) is 1. The van der Waals surface area contributed by atoms with Gasteiger partial charge in [-0.25, -0.2) is 0 Å². The summed E-state index contributed by atoms with van der Waals surface area (Å²) in [5.41, 5.74) is 14.6. The monoisotopic (exact) mass is 903 g/mol. The molecule has 2 spiro atoms. The third-order valence-electron chi connectivity index (χ3n) is 16.4. The van der Waals surface area contributed by atoms with Gasteiger partial charge in [0.1, 0.15) is 0 Å². The molecule has 0 saturated heterocycles. The predicted octanol–water partition coefficient (Wildman–Crippen LogP) is 11.3. The fourth-order valence-electron chi connectivity index (χ4n) is 13.8. The Morgan fingerprint density at radius 1 is 0.217 bits per heavy atom. The smallest absolute Gasteiger partial charge is 0.182 e. The van der Waals surface area contributed by atoms with Crippen LogP contribution in [0.3, 0.4) is 0 Å². The molecular formula is C66H41NSi2. The number of benzene rings is 12. The molecule has 0 N–H and O–H groups in total. The van der Waals surface area contributed by atoms with E-state index in [0.29, 0.717) is 0 Å². The molecule has 1 nitrogen and oxygen atoms in total. The molecule has 0 unspecified atom stereocenters. The van der Waals surface area contributed by atoms with E-state index in [1.807, 2.05) is 0 Å². The minimum Gasteiger partial charge on any atom is -0.310 e. The molecule has 4 aliphatic rings. The molecule has 0 aromatic heterocycles. The second kappa shape index (κ2) is 13.6. The first-order valence-electron chi connectivity index (χ1n) is 24.2. The van der Waals surface area contributed by atoms with E-state index in [1.54, 1.807) is 0 Å². The van der Waals surface area contributed by atoms with Crippen molar-refractivity contribution in [1.29, 1.82) is 0 Å². The molecule has 16 rings (SSSR count). The van der Waals surface area contributed by atoms with Crippen molar-refractivity contribution in [2.75, 3.05) is 4.90 Å². The maximum atomic E-state index is 2.62. The number of nitrogens with zero attached hydrogens (tertiary/aromatic N) is 1. The Morgan fingerprint density at radius 2 is 0.565 bits per heavy atom. The lowest BCUT2D eigenvalue weighted by atomic mass is 9.97. The second-order valence-electron chi connectivity index (χ2n) is 19.4. The lowest BCUT2D eigenvalue weighted by Gasteiger charge is -2.32. The van der Waals surface area contributed by atoms with Crippen molar-refractivity contribution < 1.29 is 0 Å². The molecule has 0 fully saturated rings. The molecule has 69 heavy (non-hydrogen) atoms. The SMILES string of the molecule is c1ccc2c(c1)-c1ccccc1[Si]21c2cc(N(c3ccc4c(c3)[Si]3(c5ccccc5-c5ccccc53)c3ccc5ccccc5c3-4)c3ccc4ccccc4c3)ccc2-c2c1ccc1ccccc21. The van der Waals surface area contributed by atoms with E-state index in [2.05, 4.69) is 254 Å². The summed E-state index contributed by atoms with van der Waals surface area (Å²) in [6.45, 7) is 0. The van der Waals surface area contributed by atoms with Gasteiger partial charge in [0.25, 0.3) is 0 Å². The number of fused-ring (bicyclic) bond motifs is 25. The van der Waals surface area contributed by atoms with Gasteiger partial charge in [0.2, 0.25) is 0 Å². The zero-order chi connectivity index (χ0) is 45.0. The van der Waals surface area contributed by atoms with Gasteiger partial charge in [-0.2, -0.15) is 0 Å². The average molecular weight is 904 g/mol. The van der Waals surface area contributed by atoms with Crippen LogP contribution in [-0.4, -0.2) is 16.1 Å². The molecule has 0 amide bonds. The molecular weight excluding hydrogens is 863 g/mol. The normalized spacial score (nSPS) is 14.3. The third kappa shape index (κ3) is 4.69. The molecule has 12 aromatic carbocycles. The van der Waals surface area contributed by atoms with Crippen molar-refractivity contribution in [3.05, 3.63) is 249 Å². The zero-order valence-corrected chi connectivity index (χ0v) is 39.6. The van der Waals surface area contributed by atoms with E-state index in [-0.39, 0.29) is 0 Å². The van der Waals surface area contributed by atoms with Crippen LogP contribution in [0.1, 0.15) is 0 Å². The second-order valence-corrected chi connectivity index (χ2v) is 26.7. The van der Waals surface area contributed by atoms with Crippen molar-refractivity contribution >= 4 is 107 Å². The lowest BCUT2D eigenvalue weighted by Crippen LogP contribution is -2.70. The zero-order valence-electron chi connectivity index (χ0n) is 37.6. The minimum absolute atomic E-state index is 1.15. The Labute approximate surface area is 402 Å². The summed E-state index contributed by atoms with van der Waals surface area (Å²) in [5.74, 6) is 0. The van der Waals surface area contributed by atoms with Gasteiger partial charge in [-0.05, 0) is 155 Å². The van der Waals surface area contributed by atoms with Crippen molar-refractivity contribution in [3.8, 4) is 44.5 Å². The maximum absolute atomic E-state index is 2.80. The van der Waals surface area contributed by atoms with Crippen molar-refractivity contribution in [3.63, 3.8) is 0 Å². The van der Waals surface area contributed by atoms with E-state index in [9.17, 15) is 0 Å². The fourth-order valence-corrected chi connectivity index (χ4v) is 25.1. The Balaban J connectivity index is 1.00. The molecule has 4 aliphatic heterocycles. The van der Waals surface area contributed by atoms with Gasteiger partial charge in [-0.3, -0.25) is 0 Å². The number of rotatable bonds is 3. The first-order valence-corrected chi connectivity index (χ1v) is 28.2. The van der Waals surface area contributed by atoms with Crippen LogP contribution in [0, 0.1) is 0 Å². The maximum Gasteiger partial charge on any atom is 0.182 e. The summed E-state index contributed by atoms with van der Waals surface area (Å²) >= 11 is 0. The standard InChI is InChI=1S/C66H41NSi2/c1-2-18-45-39-46(32-29-42(45)15-1)67(47-33-35-55-63(40-47)68(61-37-30-43-16-3-5-19-49(43)65(55)61)57-25-11-7-21-51(57)52-22-8-12-26-58(52)68)48-34-36-56-64(41-48)69(62-38-31-44-17-4-6-20-50(44)66(56)62)59-27-13-9-23-53(59)54-24-10-14-28-60(54)69/h1-41H. The highest BCUT2D eigenvalue weighted by Gasteiger charge is 2.56. The van der Waals surface area contributed by atoms with E-state index < -0.39 is 16.1 Å². The van der Waals surface area contributed by atoms with Crippen LogP contribution in [0.4, 0.5) is 17.1 Å². The van der Waals surface area contributed by atoms with Crippen LogP contribution in [0.25, 0.3) is 76.8 Å². The summed E-state index contributed by atoms with van der Waals surface area (Å²) in [7, 11) is -5.61. The summed E-state index contributed by atoms with van der Waals surface area (Å²) in [6.07, 6.45) is 0. The van der Waals surface area contributed by atoms with Crippen molar-refractivity contribution in [2.24, 2.45) is 0 Å². The van der Waals surface area contributed by atoms with Gasteiger partial charge in [0.15, 0.2) is 16.1 Å². The highest BCUT2D eigenvalue weighted by Crippen LogP contribution is 2.45. The van der Waals surface area contributed by atoms with Gasteiger partial charge in [0.05, 0.1) is 0 Å². The largest absolute Gasteiger partial charge is 0.310 e. The van der Waals surface area contributed by atoms with Crippen LogP contribution in [0.5, 0.6) is 0 Å². The average Bonchev–Trinajstić information content (AvgIpc) is 4.10. The van der Waals surface area contributed by atoms with Crippen molar-refractivity contribution in [1.82, 2.24) is 0 Å². The Morgan fingerprint density at radius 3 is 1.03 bits per heavy atom. The van der Waals surface area contributed by atoms with Crippen molar-refractivity contribution in [2.45, 2.75) is 0 Å². The van der Waals surface area contributed by atoms with E-state index >= 15 is 0 Å². The Kier molecular flexibility index (Phi) is 7.46. The summed E-state index contributed by atoms with van der Waals surface area (Å²) in [6, 6.07) is 95.9. The molecule has 318 valence electrons. The molecule has 4 heterocycles. The first kappa shape index (κ1) is 37.7.